The van der Waals surface area contributed by atoms with Gasteiger partial charge in [-0.15, -0.1) is 11.3 Å². The van der Waals surface area contributed by atoms with Gasteiger partial charge >= 0.3 is 0 Å². The molecule has 0 unspecified atom stereocenters. The molecule has 0 aromatic carbocycles. The van der Waals surface area contributed by atoms with Crippen LogP contribution in [-0.2, 0) is 0 Å². The number of aromatic nitrogens is 1. The van der Waals surface area contributed by atoms with Crippen molar-refractivity contribution in [2.45, 2.75) is 0 Å². The van der Waals surface area contributed by atoms with Crippen molar-refractivity contribution in [1.29, 1.82) is 0 Å². The first-order chi connectivity index (χ1) is 7.33. The van der Waals surface area contributed by atoms with Crippen LogP contribution in [0.25, 0.3) is 10.4 Å². The summed E-state index contributed by atoms with van der Waals surface area (Å²) in [7, 11) is 1.58. The molecule has 0 saturated heterocycles. The molecule has 0 aliphatic heterocycles. The summed E-state index contributed by atoms with van der Waals surface area (Å²) in [4.78, 5) is 16.4. The summed E-state index contributed by atoms with van der Waals surface area (Å²) < 4.78 is 4.97. The van der Waals surface area contributed by atoms with E-state index < -0.39 is 0 Å². The first-order valence-electron chi connectivity index (χ1n) is 4.39. The average molecular weight is 219 g/mol. The largest absolute Gasteiger partial charge is 0.481 e. The number of hydrogen-bond donors (Lipinski definition) is 0. The molecule has 2 aromatic rings. The standard InChI is InChI=1S/C11H9NO2S/c1-14-11-5-2-8(6-12-11)10-4-3-9(7-13)15-10/h2-7H,1H3. The van der Waals surface area contributed by atoms with E-state index in [0.717, 1.165) is 21.6 Å². The Hall–Kier alpha value is -1.68. The van der Waals surface area contributed by atoms with Crippen LogP contribution in [0.15, 0.2) is 30.5 Å². The van der Waals surface area contributed by atoms with E-state index >= 15 is 0 Å². The van der Waals surface area contributed by atoms with Crippen molar-refractivity contribution >= 4 is 17.6 Å². The predicted octanol–water partition coefficient (Wildman–Crippen LogP) is 2.63. The lowest BCUT2D eigenvalue weighted by molar-refractivity contribution is 0.112. The Morgan fingerprint density at radius 1 is 1.33 bits per heavy atom. The molecule has 0 saturated carbocycles. The zero-order chi connectivity index (χ0) is 10.7. The summed E-state index contributed by atoms with van der Waals surface area (Å²) in [6.45, 7) is 0. The van der Waals surface area contributed by atoms with Crippen LogP contribution in [0.3, 0.4) is 0 Å². The van der Waals surface area contributed by atoms with Crippen molar-refractivity contribution in [2.24, 2.45) is 0 Å². The normalized spacial score (nSPS) is 9.93. The summed E-state index contributed by atoms with van der Waals surface area (Å²) >= 11 is 1.45. The van der Waals surface area contributed by atoms with Gasteiger partial charge in [0.2, 0.25) is 5.88 Å². The maximum atomic E-state index is 10.5. The van der Waals surface area contributed by atoms with Gasteiger partial charge in [0, 0.05) is 22.7 Å². The molecule has 0 N–H and O–H groups in total. The number of aldehydes is 1. The average Bonchev–Trinajstić information content (AvgIpc) is 2.78. The summed E-state index contributed by atoms with van der Waals surface area (Å²) in [5.74, 6) is 0.589. The van der Waals surface area contributed by atoms with Crippen molar-refractivity contribution in [3.05, 3.63) is 35.3 Å². The van der Waals surface area contributed by atoms with E-state index in [2.05, 4.69) is 4.98 Å². The summed E-state index contributed by atoms with van der Waals surface area (Å²) in [5, 5.41) is 0. The van der Waals surface area contributed by atoms with Crippen molar-refractivity contribution < 1.29 is 9.53 Å². The van der Waals surface area contributed by atoms with Gasteiger partial charge in [-0.3, -0.25) is 4.79 Å². The number of pyridine rings is 1. The van der Waals surface area contributed by atoms with Crippen molar-refractivity contribution in [3.63, 3.8) is 0 Å². The van der Waals surface area contributed by atoms with Crippen LogP contribution < -0.4 is 4.74 Å². The van der Waals surface area contributed by atoms with E-state index in [1.807, 2.05) is 12.1 Å². The Morgan fingerprint density at radius 2 is 2.20 bits per heavy atom. The highest BCUT2D eigenvalue weighted by Gasteiger charge is 2.02. The van der Waals surface area contributed by atoms with Gasteiger partial charge in [-0.05, 0) is 18.2 Å². The number of ether oxygens (including phenoxy) is 1. The van der Waals surface area contributed by atoms with E-state index in [0.29, 0.717) is 5.88 Å². The van der Waals surface area contributed by atoms with E-state index in [9.17, 15) is 4.79 Å². The fourth-order valence-electron chi connectivity index (χ4n) is 1.22. The topological polar surface area (TPSA) is 39.2 Å². The first kappa shape index (κ1) is 9.86. The molecular formula is C11H9NO2S. The second-order valence-electron chi connectivity index (χ2n) is 2.91. The second-order valence-corrected chi connectivity index (χ2v) is 4.02. The molecule has 0 radical (unpaired) electrons. The minimum Gasteiger partial charge on any atom is -0.481 e. The van der Waals surface area contributed by atoms with Crippen molar-refractivity contribution in [1.82, 2.24) is 4.98 Å². The molecule has 0 aliphatic carbocycles. The molecule has 0 atom stereocenters. The third-order valence-electron chi connectivity index (χ3n) is 1.97. The third-order valence-corrected chi connectivity index (χ3v) is 3.03. The Kier molecular flexibility index (Phi) is 2.78. The van der Waals surface area contributed by atoms with E-state index in [1.54, 1.807) is 25.4 Å². The second kappa shape index (κ2) is 4.23. The molecule has 0 spiro atoms. The Morgan fingerprint density at radius 3 is 2.73 bits per heavy atom. The minimum atomic E-state index is 0.589. The molecule has 3 nitrogen and oxygen atoms in total. The van der Waals surface area contributed by atoms with Gasteiger partial charge in [-0.25, -0.2) is 4.98 Å². The van der Waals surface area contributed by atoms with Gasteiger partial charge in [0.1, 0.15) is 0 Å². The van der Waals surface area contributed by atoms with Gasteiger partial charge in [0.25, 0.3) is 0 Å². The maximum Gasteiger partial charge on any atom is 0.212 e. The molecule has 0 aliphatic rings. The Balaban J connectivity index is 2.32. The molecule has 76 valence electrons. The molecule has 0 bridgehead atoms. The number of rotatable bonds is 3. The van der Waals surface area contributed by atoms with Gasteiger partial charge < -0.3 is 4.74 Å². The molecule has 2 rings (SSSR count). The quantitative estimate of drug-likeness (QED) is 0.745. The zero-order valence-corrected chi connectivity index (χ0v) is 8.95. The van der Waals surface area contributed by atoms with Crippen LogP contribution in [0.5, 0.6) is 5.88 Å². The molecule has 2 aromatic heterocycles. The highest BCUT2D eigenvalue weighted by Crippen LogP contribution is 2.27. The van der Waals surface area contributed by atoms with Crippen LogP contribution in [0.2, 0.25) is 0 Å². The third kappa shape index (κ3) is 2.05. The molecule has 2 heterocycles. The van der Waals surface area contributed by atoms with Gasteiger partial charge in [0.15, 0.2) is 6.29 Å². The molecule has 0 amide bonds. The van der Waals surface area contributed by atoms with Crippen LogP contribution in [-0.4, -0.2) is 18.4 Å². The first-order valence-corrected chi connectivity index (χ1v) is 5.20. The lowest BCUT2D eigenvalue weighted by atomic mass is 10.2. The maximum absolute atomic E-state index is 10.5. The lowest BCUT2D eigenvalue weighted by Crippen LogP contribution is -1.85. The number of carbonyl (C=O) groups is 1. The van der Waals surface area contributed by atoms with Crippen LogP contribution in [0.1, 0.15) is 9.67 Å². The Bertz CT molecular complexity index is 462. The van der Waals surface area contributed by atoms with E-state index in [1.165, 1.54) is 11.3 Å². The fraction of sp³-hybridized carbons (Fsp3) is 0.0909. The number of carbonyl (C=O) groups excluding carboxylic acids is 1. The number of hydrogen-bond acceptors (Lipinski definition) is 4. The zero-order valence-electron chi connectivity index (χ0n) is 8.14. The monoisotopic (exact) mass is 219 g/mol. The summed E-state index contributed by atoms with van der Waals surface area (Å²) in [6, 6.07) is 7.44. The molecule has 15 heavy (non-hydrogen) atoms. The van der Waals surface area contributed by atoms with Crippen LogP contribution >= 0.6 is 11.3 Å². The minimum absolute atomic E-state index is 0.589. The van der Waals surface area contributed by atoms with Gasteiger partial charge in [0.05, 0.1) is 12.0 Å². The van der Waals surface area contributed by atoms with Gasteiger partial charge in [-0.2, -0.15) is 0 Å². The van der Waals surface area contributed by atoms with Crippen molar-refractivity contribution in [3.8, 4) is 16.3 Å². The fourth-order valence-corrected chi connectivity index (χ4v) is 2.03. The van der Waals surface area contributed by atoms with Crippen LogP contribution in [0.4, 0.5) is 0 Å². The lowest BCUT2D eigenvalue weighted by Gasteiger charge is -1.99. The number of thiophene rings is 1. The smallest absolute Gasteiger partial charge is 0.212 e. The van der Waals surface area contributed by atoms with Crippen LogP contribution in [0, 0.1) is 0 Å². The van der Waals surface area contributed by atoms with E-state index in [-0.39, 0.29) is 0 Å². The molecule has 4 heteroatoms. The summed E-state index contributed by atoms with van der Waals surface area (Å²) in [6.07, 6.45) is 2.59. The van der Waals surface area contributed by atoms with Gasteiger partial charge in [-0.1, -0.05) is 0 Å². The number of nitrogens with zero attached hydrogens (tertiary/aromatic N) is 1. The Labute approximate surface area is 91.4 Å². The predicted molar refractivity (Wildman–Crippen MR) is 59.5 cm³/mol. The molecular weight excluding hydrogens is 210 g/mol. The molecule has 0 fully saturated rings. The number of methoxy groups -OCH3 is 1. The summed E-state index contributed by atoms with van der Waals surface area (Å²) in [5.41, 5.74) is 0.994. The van der Waals surface area contributed by atoms with E-state index in [4.69, 9.17) is 4.74 Å². The van der Waals surface area contributed by atoms with Crippen molar-refractivity contribution in [2.75, 3.05) is 7.11 Å². The highest BCUT2D eigenvalue weighted by molar-refractivity contribution is 7.17. The highest BCUT2D eigenvalue weighted by atomic mass is 32.1. The SMILES string of the molecule is COc1ccc(-c2ccc(C=O)s2)cn1.